The van der Waals surface area contributed by atoms with Gasteiger partial charge in [0.2, 0.25) is 0 Å². The van der Waals surface area contributed by atoms with Crippen molar-refractivity contribution in [1.29, 1.82) is 0 Å². The van der Waals surface area contributed by atoms with Gasteiger partial charge in [-0.2, -0.15) is 0 Å². The van der Waals surface area contributed by atoms with Gasteiger partial charge in [0, 0.05) is 6.54 Å². The molecule has 0 aromatic heterocycles. The summed E-state index contributed by atoms with van der Waals surface area (Å²) in [7, 11) is 0. The molecule has 0 radical (unpaired) electrons. The molecule has 0 aliphatic rings. The molecule has 0 heterocycles. The number of aliphatic hydroxyl groups is 1. The summed E-state index contributed by atoms with van der Waals surface area (Å²) in [6, 6.07) is 7.73. The van der Waals surface area contributed by atoms with Crippen LogP contribution in [0.1, 0.15) is 19.8 Å². The molecule has 1 aromatic rings. The predicted octanol–water partition coefficient (Wildman–Crippen LogP) is 0.982. The number of aliphatic hydroxyl groups excluding tert-OH is 1. The number of nitrogens with one attached hydrogen (secondary N) is 1. The minimum atomic E-state index is -1.82. The predicted molar refractivity (Wildman–Crippen MR) is 87.6 cm³/mol. The van der Waals surface area contributed by atoms with Crippen LogP contribution < -0.4 is 14.8 Å². The van der Waals surface area contributed by atoms with E-state index in [4.69, 9.17) is 34.4 Å². The van der Waals surface area contributed by atoms with Crippen molar-refractivity contribution in [2.45, 2.75) is 19.8 Å². The topological polar surface area (TPSA) is 125 Å². The van der Waals surface area contributed by atoms with E-state index in [0.717, 1.165) is 30.9 Å². The Morgan fingerprint density at radius 1 is 1.00 bits per heavy atom. The largest absolute Gasteiger partial charge is 0.490 e. The van der Waals surface area contributed by atoms with E-state index in [2.05, 4.69) is 5.32 Å². The van der Waals surface area contributed by atoms with Gasteiger partial charge in [0.1, 0.15) is 0 Å². The summed E-state index contributed by atoms with van der Waals surface area (Å²) in [5, 5.41) is 26.5. The number of carbonyl (C=O) groups is 2. The lowest BCUT2D eigenvalue weighted by molar-refractivity contribution is -0.159. The second-order valence-corrected chi connectivity index (χ2v) is 4.52. The van der Waals surface area contributed by atoms with Crippen LogP contribution in [0.4, 0.5) is 0 Å². The Hall–Kier alpha value is -2.32. The number of hydrogen-bond acceptors (Lipinski definition) is 6. The van der Waals surface area contributed by atoms with E-state index >= 15 is 0 Å². The van der Waals surface area contributed by atoms with Gasteiger partial charge in [0.25, 0.3) is 0 Å². The van der Waals surface area contributed by atoms with Crippen molar-refractivity contribution in [2.75, 3.05) is 32.9 Å². The third kappa shape index (κ3) is 11.3. The van der Waals surface area contributed by atoms with Crippen LogP contribution in [0.25, 0.3) is 0 Å². The average molecular weight is 343 g/mol. The van der Waals surface area contributed by atoms with Gasteiger partial charge in [-0.05, 0) is 38.4 Å². The molecule has 0 spiro atoms. The molecule has 0 aliphatic heterocycles. The van der Waals surface area contributed by atoms with E-state index in [1.54, 1.807) is 0 Å². The SMILES string of the molecule is CCOc1ccccc1OCCCCNCCO.O=C(O)C(=O)O. The van der Waals surface area contributed by atoms with Crippen LogP contribution >= 0.6 is 0 Å². The molecule has 0 aliphatic carbocycles. The highest BCUT2D eigenvalue weighted by molar-refractivity contribution is 6.27. The molecule has 0 fully saturated rings. The van der Waals surface area contributed by atoms with Crippen LogP contribution in [-0.2, 0) is 9.59 Å². The number of unbranched alkanes of at least 4 members (excludes halogenated alkanes) is 1. The maximum atomic E-state index is 9.10. The number of para-hydroxylation sites is 2. The molecule has 1 aromatic carbocycles. The first-order valence-corrected chi connectivity index (χ1v) is 7.65. The maximum Gasteiger partial charge on any atom is 0.414 e. The van der Waals surface area contributed by atoms with E-state index in [1.165, 1.54) is 0 Å². The first-order valence-electron chi connectivity index (χ1n) is 7.65. The minimum absolute atomic E-state index is 0.193. The first kappa shape index (κ1) is 21.7. The van der Waals surface area contributed by atoms with Crippen LogP contribution in [0.3, 0.4) is 0 Å². The van der Waals surface area contributed by atoms with Crippen molar-refractivity contribution < 1.29 is 34.4 Å². The zero-order valence-corrected chi connectivity index (χ0v) is 13.7. The number of carboxylic acids is 2. The summed E-state index contributed by atoms with van der Waals surface area (Å²) in [6.07, 6.45) is 2.02. The maximum absolute atomic E-state index is 9.10. The van der Waals surface area contributed by atoms with Gasteiger partial charge in [-0.25, -0.2) is 9.59 Å². The molecule has 136 valence electrons. The Kier molecular flexibility index (Phi) is 12.9. The van der Waals surface area contributed by atoms with Gasteiger partial charge in [-0.15, -0.1) is 0 Å². The van der Waals surface area contributed by atoms with Crippen LogP contribution in [0.2, 0.25) is 0 Å². The molecule has 8 nitrogen and oxygen atoms in total. The van der Waals surface area contributed by atoms with Crippen LogP contribution in [0.5, 0.6) is 11.5 Å². The van der Waals surface area contributed by atoms with Crippen molar-refractivity contribution in [3.8, 4) is 11.5 Å². The van der Waals surface area contributed by atoms with Gasteiger partial charge in [-0.3, -0.25) is 0 Å². The molecule has 8 heteroatoms. The summed E-state index contributed by atoms with van der Waals surface area (Å²) in [6.45, 7) is 5.06. The molecule has 4 N–H and O–H groups in total. The van der Waals surface area contributed by atoms with Gasteiger partial charge >= 0.3 is 11.9 Å². The third-order valence-corrected chi connectivity index (χ3v) is 2.63. The lowest BCUT2D eigenvalue weighted by Crippen LogP contribution is -2.19. The Labute approximate surface area is 141 Å². The lowest BCUT2D eigenvalue weighted by atomic mass is 10.3. The number of carboxylic acid groups (broad SMARTS) is 2. The zero-order chi connectivity index (χ0) is 18.2. The molecule has 0 amide bonds. The molecule has 24 heavy (non-hydrogen) atoms. The Balaban J connectivity index is 0.000000754. The van der Waals surface area contributed by atoms with Crippen LogP contribution in [0.15, 0.2) is 24.3 Å². The van der Waals surface area contributed by atoms with Gasteiger partial charge in [0.15, 0.2) is 11.5 Å². The van der Waals surface area contributed by atoms with Crippen molar-refractivity contribution in [3.05, 3.63) is 24.3 Å². The van der Waals surface area contributed by atoms with E-state index in [9.17, 15) is 0 Å². The second-order valence-electron chi connectivity index (χ2n) is 4.52. The normalized spacial score (nSPS) is 9.58. The van der Waals surface area contributed by atoms with Crippen molar-refractivity contribution >= 4 is 11.9 Å². The van der Waals surface area contributed by atoms with Gasteiger partial charge in [0.05, 0.1) is 19.8 Å². The first-order chi connectivity index (χ1) is 11.5. The number of benzene rings is 1. The van der Waals surface area contributed by atoms with Crippen LogP contribution in [0, 0.1) is 0 Å². The molecule has 0 saturated heterocycles. The van der Waals surface area contributed by atoms with E-state index < -0.39 is 11.9 Å². The number of aliphatic carboxylic acids is 2. The smallest absolute Gasteiger partial charge is 0.414 e. The molecular formula is C16H25NO7. The van der Waals surface area contributed by atoms with Crippen LogP contribution in [-0.4, -0.2) is 60.2 Å². The van der Waals surface area contributed by atoms with E-state index in [-0.39, 0.29) is 6.61 Å². The fraction of sp³-hybridized carbons (Fsp3) is 0.500. The van der Waals surface area contributed by atoms with Crippen molar-refractivity contribution in [1.82, 2.24) is 5.32 Å². The van der Waals surface area contributed by atoms with Gasteiger partial charge in [-0.1, -0.05) is 12.1 Å². The van der Waals surface area contributed by atoms with Crippen molar-refractivity contribution in [3.63, 3.8) is 0 Å². The standard InChI is InChI=1S/C14H23NO3.C2H2O4/c1-2-17-13-7-3-4-8-14(13)18-12-6-5-9-15-10-11-16;3-1(4)2(5)6/h3-4,7-8,15-16H,2,5-6,9-12H2,1H3;(H,3,4)(H,5,6). The molecule has 0 unspecified atom stereocenters. The summed E-state index contributed by atoms with van der Waals surface area (Å²) in [4.78, 5) is 18.2. The summed E-state index contributed by atoms with van der Waals surface area (Å²) in [5.74, 6) is -2.04. The van der Waals surface area contributed by atoms with Crippen molar-refractivity contribution in [2.24, 2.45) is 0 Å². The highest BCUT2D eigenvalue weighted by Crippen LogP contribution is 2.26. The van der Waals surface area contributed by atoms with E-state index in [0.29, 0.717) is 19.8 Å². The number of hydrogen-bond donors (Lipinski definition) is 4. The second kappa shape index (κ2) is 14.3. The zero-order valence-electron chi connectivity index (χ0n) is 13.7. The Morgan fingerprint density at radius 3 is 2.08 bits per heavy atom. The average Bonchev–Trinajstić information content (AvgIpc) is 2.56. The fourth-order valence-electron chi connectivity index (χ4n) is 1.58. The van der Waals surface area contributed by atoms with Gasteiger partial charge < -0.3 is 30.1 Å². The third-order valence-electron chi connectivity index (χ3n) is 2.63. The summed E-state index contributed by atoms with van der Waals surface area (Å²) >= 11 is 0. The highest BCUT2D eigenvalue weighted by Gasteiger charge is 2.04. The number of ether oxygens (including phenoxy) is 2. The van der Waals surface area contributed by atoms with E-state index in [1.807, 2.05) is 31.2 Å². The summed E-state index contributed by atoms with van der Waals surface area (Å²) < 4.78 is 11.2. The monoisotopic (exact) mass is 343 g/mol. The molecule has 0 atom stereocenters. The molecule has 1 rings (SSSR count). The highest BCUT2D eigenvalue weighted by atomic mass is 16.5. The Morgan fingerprint density at radius 2 is 1.58 bits per heavy atom. The Bertz CT molecular complexity index is 467. The molecular weight excluding hydrogens is 318 g/mol. The lowest BCUT2D eigenvalue weighted by Gasteiger charge is -2.11. The number of rotatable bonds is 10. The summed E-state index contributed by atoms with van der Waals surface area (Å²) in [5.41, 5.74) is 0. The minimum Gasteiger partial charge on any atom is -0.490 e. The quantitative estimate of drug-likeness (QED) is 0.366. The molecule has 0 saturated carbocycles. The molecule has 0 bridgehead atoms. The fourth-order valence-corrected chi connectivity index (χ4v) is 1.58.